The maximum Gasteiger partial charge on any atom is 0.0668 e. The SMILES string of the molecule is OC1CCC(CCCc2ccccc2)C1Br. The first-order valence-corrected chi connectivity index (χ1v) is 7.05. The highest BCUT2D eigenvalue weighted by molar-refractivity contribution is 9.09. The van der Waals surface area contributed by atoms with Crippen molar-refractivity contribution in [2.24, 2.45) is 5.92 Å². The van der Waals surface area contributed by atoms with Gasteiger partial charge in [0.05, 0.1) is 6.10 Å². The Labute approximate surface area is 106 Å². The predicted octanol–water partition coefficient (Wildman–Crippen LogP) is 3.54. The van der Waals surface area contributed by atoms with Crippen LogP contribution in [0.2, 0.25) is 0 Å². The zero-order chi connectivity index (χ0) is 11.4. The molecular formula is C14H19BrO. The predicted molar refractivity (Wildman–Crippen MR) is 70.8 cm³/mol. The lowest BCUT2D eigenvalue weighted by Crippen LogP contribution is -2.18. The fourth-order valence-corrected chi connectivity index (χ4v) is 3.33. The molecule has 16 heavy (non-hydrogen) atoms. The van der Waals surface area contributed by atoms with Crippen molar-refractivity contribution >= 4 is 15.9 Å². The Morgan fingerprint density at radius 2 is 1.94 bits per heavy atom. The summed E-state index contributed by atoms with van der Waals surface area (Å²) in [7, 11) is 0. The summed E-state index contributed by atoms with van der Waals surface area (Å²) in [6.07, 6.45) is 5.62. The van der Waals surface area contributed by atoms with Crippen molar-refractivity contribution in [2.75, 3.05) is 0 Å². The fraction of sp³-hybridized carbons (Fsp3) is 0.571. The molecule has 88 valence electrons. The van der Waals surface area contributed by atoms with Crippen LogP contribution in [0.4, 0.5) is 0 Å². The molecule has 0 spiro atoms. The number of benzene rings is 1. The summed E-state index contributed by atoms with van der Waals surface area (Å²) in [5.41, 5.74) is 1.42. The van der Waals surface area contributed by atoms with Crippen LogP contribution in [-0.2, 0) is 6.42 Å². The molecule has 3 unspecified atom stereocenters. The van der Waals surface area contributed by atoms with Crippen molar-refractivity contribution in [1.29, 1.82) is 0 Å². The van der Waals surface area contributed by atoms with Gasteiger partial charge in [-0.05, 0) is 43.6 Å². The zero-order valence-electron chi connectivity index (χ0n) is 9.48. The van der Waals surface area contributed by atoms with E-state index in [0.29, 0.717) is 10.7 Å². The van der Waals surface area contributed by atoms with Crippen LogP contribution in [0.5, 0.6) is 0 Å². The highest BCUT2D eigenvalue weighted by Crippen LogP contribution is 2.35. The molecule has 0 bridgehead atoms. The molecule has 0 amide bonds. The number of aryl methyl sites for hydroxylation is 1. The van der Waals surface area contributed by atoms with E-state index < -0.39 is 0 Å². The van der Waals surface area contributed by atoms with E-state index >= 15 is 0 Å². The fourth-order valence-electron chi connectivity index (χ4n) is 2.53. The molecule has 2 rings (SSSR count). The third-order valence-electron chi connectivity index (χ3n) is 3.53. The van der Waals surface area contributed by atoms with Crippen LogP contribution in [0.15, 0.2) is 30.3 Å². The molecule has 1 aliphatic carbocycles. The van der Waals surface area contributed by atoms with Crippen LogP contribution in [-0.4, -0.2) is 16.0 Å². The van der Waals surface area contributed by atoms with Gasteiger partial charge in [-0.25, -0.2) is 0 Å². The van der Waals surface area contributed by atoms with Crippen molar-refractivity contribution in [3.8, 4) is 0 Å². The van der Waals surface area contributed by atoms with Gasteiger partial charge in [-0.1, -0.05) is 46.3 Å². The van der Waals surface area contributed by atoms with E-state index in [2.05, 4.69) is 46.3 Å². The van der Waals surface area contributed by atoms with Crippen LogP contribution in [0.25, 0.3) is 0 Å². The second-order valence-corrected chi connectivity index (χ2v) is 5.78. The number of alkyl halides is 1. The van der Waals surface area contributed by atoms with E-state index in [9.17, 15) is 5.11 Å². The highest BCUT2D eigenvalue weighted by atomic mass is 79.9. The second kappa shape index (κ2) is 5.83. The van der Waals surface area contributed by atoms with Crippen molar-refractivity contribution < 1.29 is 5.11 Å². The van der Waals surface area contributed by atoms with Crippen molar-refractivity contribution in [3.05, 3.63) is 35.9 Å². The number of aliphatic hydroxyl groups excluding tert-OH is 1. The minimum atomic E-state index is -0.123. The average Bonchev–Trinajstić information content (AvgIpc) is 2.62. The summed E-state index contributed by atoms with van der Waals surface area (Å²) in [5, 5.41) is 9.64. The number of aliphatic hydroxyl groups is 1. The summed E-state index contributed by atoms with van der Waals surface area (Å²) in [5.74, 6) is 0.665. The van der Waals surface area contributed by atoms with E-state index in [4.69, 9.17) is 0 Å². The molecule has 0 saturated heterocycles. The monoisotopic (exact) mass is 282 g/mol. The summed E-state index contributed by atoms with van der Waals surface area (Å²) in [6, 6.07) is 10.6. The first kappa shape index (κ1) is 12.1. The van der Waals surface area contributed by atoms with Crippen LogP contribution in [0.3, 0.4) is 0 Å². The first-order chi connectivity index (χ1) is 7.77. The van der Waals surface area contributed by atoms with Gasteiger partial charge in [0.2, 0.25) is 0 Å². The van der Waals surface area contributed by atoms with Gasteiger partial charge in [-0.15, -0.1) is 0 Å². The Morgan fingerprint density at radius 3 is 2.56 bits per heavy atom. The number of hydrogen-bond donors (Lipinski definition) is 1. The molecule has 1 aliphatic rings. The number of rotatable bonds is 4. The van der Waals surface area contributed by atoms with Gasteiger partial charge < -0.3 is 5.11 Å². The molecule has 0 radical (unpaired) electrons. The minimum Gasteiger partial charge on any atom is -0.392 e. The van der Waals surface area contributed by atoms with Crippen LogP contribution < -0.4 is 0 Å². The summed E-state index contributed by atoms with van der Waals surface area (Å²) < 4.78 is 0. The third-order valence-corrected chi connectivity index (χ3v) is 4.89. The Hall–Kier alpha value is -0.340. The van der Waals surface area contributed by atoms with E-state index in [1.165, 1.54) is 24.8 Å². The summed E-state index contributed by atoms with van der Waals surface area (Å²) >= 11 is 3.61. The van der Waals surface area contributed by atoms with Crippen molar-refractivity contribution in [1.82, 2.24) is 0 Å². The minimum absolute atomic E-state index is 0.123. The molecule has 1 aromatic carbocycles. The normalized spacial score (nSPS) is 29.5. The molecule has 0 aromatic heterocycles. The molecule has 3 atom stereocenters. The van der Waals surface area contributed by atoms with E-state index in [1.807, 2.05) is 0 Å². The molecule has 0 aliphatic heterocycles. The van der Waals surface area contributed by atoms with Gasteiger partial charge in [0, 0.05) is 4.83 Å². The number of halogens is 1. The summed E-state index contributed by atoms with van der Waals surface area (Å²) in [4.78, 5) is 0.322. The molecule has 0 heterocycles. The van der Waals surface area contributed by atoms with Gasteiger partial charge in [0.25, 0.3) is 0 Å². The lowest BCUT2D eigenvalue weighted by molar-refractivity contribution is 0.184. The summed E-state index contributed by atoms with van der Waals surface area (Å²) in [6.45, 7) is 0. The Morgan fingerprint density at radius 1 is 1.19 bits per heavy atom. The molecule has 1 fully saturated rings. The van der Waals surface area contributed by atoms with E-state index in [0.717, 1.165) is 12.8 Å². The van der Waals surface area contributed by atoms with Gasteiger partial charge in [-0.3, -0.25) is 0 Å². The smallest absolute Gasteiger partial charge is 0.0668 e. The van der Waals surface area contributed by atoms with Gasteiger partial charge in [0.15, 0.2) is 0 Å². The van der Waals surface area contributed by atoms with Gasteiger partial charge >= 0.3 is 0 Å². The van der Waals surface area contributed by atoms with Crippen LogP contribution in [0, 0.1) is 5.92 Å². The van der Waals surface area contributed by atoms with Crippen molar-refractivity contribution in [2.45, 2.75) is 43.0 Å². The van der Waals surface area contributed by atoms with Crippen LogP contribution in [0.1, 0.15) is 31.2 Å². The average molecular weight is 283 g/mol. The Kier molecular flexibility index (Phi) is 4.42. The quantitative estimate of drug-likeness (QED) is 0.838. The Balaban J connectivity index is 1.73. The standard InChI is InChI=1S/C14H19BrO/c15-14-12(9-10-13(14)16)8-4-7-11-5-2-1-3-6-11/h1-3,5-6,12-14,16H,4,7-10H2. The van der Waals surface area contributed by atoms with E-state index in [1.54, 1.807) is 0 Å². The lowest BCUT2D eigenvalue weighted by atomic mass is 9.98. The van der Waals surface area contributed by atoms with Crippen LogP contribution >= 0.6 is 15.9 Å². The molecular weight excluding hydrogens is 264 g/mol. The molecule has 2 heteroatoms. The molecule has 1 aromatic rings. The maximum absolute atomic E-state index is 9.64. The number of hydrogen-bond acceptors (Lipinski definition) is 1. The van der Waals surface area contributed by atoms with Crippen molar-refractivity contribution in [3.63, 3.8) is 0 Å². The topological polar surface area (TPSA) is 20.2 Å². The highest BCUT2D eigenvalue weighted by Gasteiger charge is 2.32. The largest absolute Gasteiger partial charge is 0.392 e. The zero-order valence-corrected chi connectivity index (χ0v) is 11.1. The molecule has 1 N–H and O–H groups in total. The lowest BCUT2D eigenvalue weighted by Gasteiger charge is -2.15. The van der Waals surface area contributed by atoms with E-state index in [-0.39, 0.29) is 6.10 Å². The maximum atomic E-state index is 9.64. The molecule has 1 nitrogen and oxygen atoms in total. The van der Waals surface area contributed by atoms with Gasteiger partial charge in [-0.2, -0.15) is 0 Å². The second-order valence-electron chi connectivity index (χ2n) is 4.73. The Bertz CT molecular complexity index is 312. The third kappa shape index (κ3) is 3.08. The first-order valence-electron chi connectivity index (χ1n) is 6.13. The molecule has 1 saturated carbocycles. The van der Waals surface area contributed by atoms with Gasteiger partial charge in [0.1, 0.15) is 0 Å².